The largest absolute Gasteiger partial charge is 0.467 e. The van der Waals surface area contributed by atoms with Gasteiger partial charge in [-0.3, -0.25) is 4.79 Å². The van der Waals surface area contributed by atoms with Gasteiger partial charge in [-0.25, -0.2) is 18.8 Å². The summed E-state index contributed by atoms with van der Waals surface area (Å²) in [6.07, 6.45) is 1.19. The monoisotopic (exact) mass is 705 g/mol. The van der Waals surface area contributed by atoms with Gasteiger partial charge in [0.15, 0.2) is 5.79 Å². The summed E-state index contributed by atoms with van der Waals surface area (Å²) in [7, 11) is 1.25. The summed E-state index contributed by atoms with van der Waals surface area (Å²) in [5, 5.41) is 8.74. The van der Waals surface area contributed by atoms with E-state index in [0.29, 0.717) is 56.6 Å². The van der Waals surface area contributed by atoms with E-state index < -0.39 is 48.3 Å². The second kappa shape index (κ2) is 18.7. The highest BCUT2D eigenvalue weighted by Crippen LogP contribution is 2.41. The van der Waals surface area contributed by atoms with Crippen LogP contribution in [0.15, 0.2) is 48.5 Å². The van der Waals surface area contributed by atoms with Gasteiger partial charge in [0.1, 0.15) is 24.6 Å². The topological polar surface area (TPSA) is 151 Å². The quantitative estimate of drug-likeness (QED) is 0.183. The molecule has 0 aromatic heterocycles. The molecule has 2 aromatic carbocycles. The Labute approximate surface area is 290 Å². The number of alkyl carbamates (subject to hydrolysis) is 2. The summed E-state index contributed by atoms with van der Waals surface area (Å²) >= 11 is 5.93. The van der Waals surface area contributed by atoms with Gasteiger partial charge < -0.3 is 39.6 Å². The number of ether oxygens (including phenoxy) is 5. The van der Waals surface area contributed by atoms with E-state index in [1.165, 1.54) is 26.2 Å². The Morgan fingerprint density at radius 3 is 2.27 bits per heavy atom. The van der Waals surface area contributed by atoms with Crippen molar-refractivity contribution in [2.75, 3.05) is 26.8 Å². The van der Waals surface area contributed by atoms with Gasteiger partial charge in [0.05, 0.1) is 19.3 Å². The molecule has 0 aliphatic carbocycles. The number of esters is 1. The van der Waals surface area contributed by atoms with Crippen molar-refractivity contribution in [2.45, 2.75) is 94.9 Å². The Hall–Kier alpha value is -3.94. The second-order valence-electron chi connectivity index (χ2n) is 12.3. The molecule has 2 aromatic rings. The third kappa shape index (κ3) is 12.8. The van der Waals surface area contributed by atoms with Crippen molar-refractivity contribution in [3.05, 3.63) is 70.5 Å². The van der Waals surface area contributed by atoms with Crippen LogP contribution in [0, 0.1) is 5.82 Å². The van der Waals surface area contributed by atoms with E-state index >= 15 is 0 Å². The highest BCUT2D eigenvalue weighted by Gasteiger charge is 2.47. The molecule has 2 aliphatic rings. The molecule has 2 aliphatic heterocycles. The van der Waals surface area contributed by atoms with Gasteiger partial charge >= 0.3 is 18.2 Å². The standard InChI is InChI=1S/C35H45ClFN3O9/c1-23(32(42)45-2)40-31(41)14-13-28-20-30(47-34(44)39-19-16-25-7-11-27(37)12-8-25)21-35(48-28)17-3-4-29(49-35)22-46-33(43)38-18-15-24-5-9-26(36)10-6-24/h5-12,23,28-30H,3-4,13-22H2,1-2H3,(H,38,43)(H,39,44)(H,40,41)/t23-,28?,29?,30?,35?/m0/s1. The number of halogens is 2. The lowest BCUT2D eigenvalue weighted by molar-refractivity contribution is -0.329. The molecule has 2 saturated heterocycles. The number of amides is 3. The fourth-order valence-corrected chi connectivity index (χ4v) is 6.06. The third-order valence-electron chi connectivity index (χ3n) is 8.40. The van der Waals surface area contributed by atoms with Crippen LogP contribution in [-0.2, 0) is 46.1 Å². The Bertz CT molecular complexity index is 1400. The summed E-state index contributed by atoms with van der Waals surface area (Å²) in [6.45, 7) is 2.22. The number of methoxy groups -OCH3 is 1. The molecule has 12 nitrogen and oxygen atoms in total. The average molecular weight is 706 g/mol. The third-order valence-corrected chi connectivity index (χ3v) is 8.66. The van der Waals surface area contributed by atoms with Gasteiger partial charge in [-0.1, -0.05) is 35.9 Å². The molecule has 1 spiro atoms. The number of hydrogen-bond donors (Lipinski definition) is 3. The lowest BCUT2D eigenvalue weighted by atomic mass is 9.90. The van der Waals surface area contributed by atoms with Crippen LogP contribution in [0.4, 0.5) is 14.0 Å². The van der Waals surface area contributed by atoms with Crippen LogP contribution in [0.5, 0.6) is 0 Å². The maximum Gasteiger partial charge on any atom is 0.407 e. The Morgan fingerprint density at radius 1 is 0.959 bits per heavy atom. The van der Waals surface area contributed by atoms with Crippen molar-refractivity contribution < 1.29 is 47.3 Å². The lowest BCUT2D eigenvalue weighted by Gasteiger charge is -2.47. The molecular formula is C35H45ClFN3O9. The summed E-state index contributed by atoms with van der Waals surface area (Å²) in [4.78, 5) is 49.5. The average Bonchev–Trinajstić information content (AvgIpc) is 3.07. The molecular weight excluding hydrogens is 661 g/mol. The Morgan fingerprint density at radius 2 is 1.59 bits per heavy atom. The van der Waals surface area contributed by atoms with E-state index in [1.807, 2.05) is 12.1 Å². The molecule has 4 rings (SSSR count). The fourth-order valence-electron chi connectivity index (χ4n) is 5.94. The molecule has 14 heteroatoms. The van der Waals surface area contributed by atoms with Crippen molar-refractivity contribution in [2.24, 2.45) is 0 Å². The minimum atomic E-state index is -1.12. The van der Waals surface area contributed by atoms with E-state index in [-0.39, 0.29) is 37.6 Å². The van der Waals surface area contributed by atoms with Crippen molar-refractivity contribution in [1.29, 1.82) is 0 Å². The Balaban J connectivity index is 1.31. The van der Waals surface area contributed by atoms with Gasteiger partial charge in [-0.15, -0.1) is 0 Å². The smallest absolute Gasteiger partial charge is 0.407 e. The van der Waals surface area contributed by atoms with Gasteiger partial charge in [-0.05, 0) is 74.4 Å². The van der Waals surface area contributed by atoms with Crippen molar-refractivity contribution >= 4 is 35.7 Å². The number of carbonyl (C=O) groups excluding carboxylic acids is 4. The predicted molar refractivity (Wildman–Crippen MR) is 177 cm³/mol. The number of rotatable bonds is 14. The van der Waals surface area contributed by atoms with E-state index in [0.717, 1.165) is 11.1 Å². The molecule has 49 heavy (non-hydrogen) atoms. The Kier molecular flexibility index (Phi) is 14.5. The van der Waals surface area contributed by atoms with Crippen LogP contribution in [0.2, 0.25) is 5.02 Å². The van der Waals surface area contributed by atoms with Crippen LogP contribution in [0.1, 0.15) is 63.0 Å². The summed E-state index contributed by atoms with van der Waals surface area (Å²) in [5.41, 5.74) is 1.89. The zero-order valence-corrected chi connectivity index (χ0v) is 28.6. The molecule has 0 radical (unpaired) electrons. The lowest BCUT2D eigenvalue weighted by Crippen LogP contribution is -2.54. The maximum atomic E-state index is 13.2. The number of benzene rings is 2. The van der Waals surface area contributed by atoms with Gasteiger partial charge in [0.25, 0.3) is 0 Å². The minimum absolute atomic E-state index is 0.00573. The first-order valence-electron chi connectivity index (χ1n) is 16.6. The van der Waals surface area contributed by atoms with E-state index in [4.69, 9.17) is 30.5 Å². The summed E-state index contributed by atoms with van der Waals surface area (Å²) in [5.74, 6) is -2.36. The van der Waals surface area contributed by atoms with Crippen LogP contribution < -0.4 is 16.0 Å². The molecule has 2 heterocycles. The van der Waals surface area contributed by atoms with Crippen LogP contribution >= 0.6 is 11.6 Å². The molecule has 3 amide bonds. The molecule has 0 saturated carbocycles. The van der Waals surface area contributed by atoms with Gasteiger partial charge in [0.2, 0.25) is 5.91 Å². The zero-order chi connectivity index (χ0) is 35.2. The number of nitrogens with one attached hydrogen (secondary N) is 3. The van der Waals surface area contributed by atoms with Crippen molar-refractivity contribution in [1.82, 2.24) is 16.0 Å². The zero-order valence-electron chi connectivity index (χ0n) is 27.8. The molecule has 3 N–H and O–H groups in total. The van der Waals surface area contributed by atoms with Crippen molar-refractivity contribution in [3.63, 3.8) is 0 Å². The summed E-state index contributed by atoms with van der Waals surface area (Å²) < 4.78 is 42.0. The van der Waals surface area contributed by atoms with E-state index in [9.17, 15) is 23.6 Å². The first-order valence-corrected chi connectivity index (χ1v) is 17.0. The predicted octanol–water partition coefficient (Wildman–Crippen LogP) is 4.99. The van der Waals surface area contributed by atoms with Crippen LogP contribution in [0.25, 0.3) is 0 Å². The highest BCUT2D eigenvalue weighted by molar-refractivity contribution is 6.30. The number of carbonyl (C=O) groups is 4. The van der Waals surface area contributed by atoms with Crippen LogP contribution in [0.3, 0.4) is 0 Å². The highest BCUT2D eigenvalue weighted by atomic mass is 35.5. The first kappa shape index (κ1) is 37.9. The maximum absolute atomic E-state index is 13.2. The molecule has 268 valence electrons. The first-order chi connectivity index (χ1) is 23.5. The molecule has 2 fully saturated rings. The molecule has 0 bridgehead atoms. The van der Waals surface area contributed by atoms with E-state index in [1.54, 1.807) is 24.3 Å². The fraction of sp³-hybridized carbons (Fsp3) is 0.543. The SMILES string of the molecule is COC(=O)[C@H](C)NC(=O)CCC1CC(OC(=O)NCCc2ccc(F)cc2)CC2(CCCC(COC(=O)NCCc3ccc(Cl)cc3)O2)O1. The normalized spacial score (nSPS) is 22.4. The molecule has 5 atom stereocenters. The van der Waals surface area contributed by atoms with E-state index in [2.05, 4.69) is 20.7 Å². The summed E-state index contributed by atoms with van der Waals surface area (Å²) in [6, 6.07) is 12.6. The van der Waals surface area contributed by atoms with Crippen LogP contribution in [-0.4, -0.2) is 81.0 Å². The van der Waals surface area contributed by atoms with Gasteiger partial charge in [-0.2, -0.15) is 0 Å². The van der Waals surface area contributed by atoms with Crippen molar-refractivity contribution in [3.8, 4) is 0 Å². The second-order valence-corrected chi connectivity index (χ2v) is 12.7. The minimum Gasteiger partial charge on any atom is -0.467 e. The van der Waals surface area contributed by atoms with Gasteiger partial charge in [0, 0.05) is 43.8 Å². The molecule has 4 unspecified atom stereocenters. The number of hydrogen-bond acceptors (Lipinski definition) is 9.